The quantitative estimate of drug-likeness (QED) is 0.272. The Morgan fingerprint density at radius 2 is 2.00 bits per heavy atom. The van der Waals surface area contributed by atoms with Crippen molar-refractivity contribution in [1.29, 1.82) is 0 Å². The molecule has 0 spiro atoms. The molecule has 0 bridgehead atoms. The van der Waals surface area contributed by atoms with Gasteiger partial charge in [-0.2, -0.15) is 0 Å². The normalized spacial score (nSPS) is 8.17. The van der Waals surface area contributed by atoms with Crippen LogP contribution >= 0.6 is 0 Å². The Bertz CT molecular complexity index is 220. The second-order valence-corrected chi connectivity index (χ2v) is 2.10. The molecule has 0 aliphatic heterocycles. The van der Waals surface area contributed by atoms with E-state index in [1.54, 1.807) is 6.92 Å². The fraction of sp³-hybridized carbons (Fsp3) is 0.556. The zero-order valence-corrected chi connectivity index (χ0v) is 7.35. The number of unbranched alkanes of at least 4 members (excludes halogenated alkanes) is 1. The molecule has 0 fully saturated rings. The minimum absolute atomic E-state index is 0.208. The third-order valence-electron chi connectivity index (χ3n) is 1.04. The van der Waals surface area contributed by atoms with Crippen molar-refractivity contribution in [2.45, 2.75) is 26.7 Å². The average molecular weight is 168 g/mol. The van der Waals surface area contributed by atoms with Crippen LogP contribution in [0.5, 0.6) is 0 Å². The van der Waals surface area contributed by atoms with Crippen LogP contribution in [0.25, 0.3) is 0 Å². The van der Waals surface area contributed by atoms with Gasteiger partial charge in [0.25, 0.3) is 0 Å². The molecule has 0 atom stereocenters. The largest absolute Gasteiger partial charge is 0.459 e. The first-order valence-corrected chi connectivity index (χ1v) is 3.92. The molecular formula is C9H12O3. The monoisotopic (exact) mass is 168 g/mol. The summed E-state index contributed by atoms with van der Waals surface area (Å²) in [7, 11) is 0. The van der Waals surface area contributed by atoms with Crippen LogP contribution in [0.15, 0.2) is 0 Å². The molecule has 12 heavy (non-hydrogen) atoms. The van der Waals surface area contributed by atoms with Crippen LogP contribution in [0.4, 0.5) is 0 Å². The summed E-state index contributed by atoms with van der Waals surface area (Å²) in [5.74, 6) is 3.16. The van der Waals surface area contributed by atoms with Gasteiger partial charge in [0.2, 0.25) is 0 Å². The van der Waals surface area contributed by atoms with Crippen LogP contribution in [0, 0.1) is 11.8 Å². The fourth-order valence-electron chi connectivity index (χ4n) is 0.515. The lowest BCUT2D eigenvalue weighted by molar-refractivity contribution is -0.150. The van der Waals surface area contributed by atoms with Gasteiger partial charge in [0.05, 0.1) is 6.61 Å². The second-order valence-electron chi connectivity index (χ2n) is 2.10. The number of hydrogen-bond acceptors (Lipinski definition) is 3. The molecule has 0 heterocycles. The molecule has 3 nitrogen and oxygen atoms in total. The number of Topliss-reactive ketones (excluding diaryl/α,β-unsaturated/α-hetero) is 1. The molecule has 0 rings (SSSR count). The van der Waals surface area contributed by atoms with Gasteiger partial charge in [-0.1, -0.05) is 12.8 Å². The minimum atomic E-state index is -0.860. The van der Waals surface area contributed by atoms with Crippen molar-refractivity contribution in [3.63, 3.8) is 0 Å². The van der Waals surface area contributed by atoms with Crippen molar-refractivity contribution in [2.24, 2.45) is 0 Å². The molecule has 0 amide bonds. The molecule has 0 aliphatic rings. The highest BCUT2D eigenvalue weighted by atomic mass is 16.5. The standard InChI is InChI=1S/C9H12O3/c1-3-5-6-7-8(10)9(11)12-4-2/h3-5H2,1-2H3. The Labute approximate surface area is 72.1 Å². The maximum atomic E-state index is 10.8. The molecule has 0 radical (unpaired) electrons. The van der Waals surface area contributed by atoms with Gasteiger partial charge < -0.3 is 4.74 Å². The summed E-state index contributed by atoms with van der Waals surface area (Å²) in [5.41, 5.74) is 0. The van der Waals surface area contributed by atoms with E-state index in [4.69, 9.17) is 0 Å². The lowest BCUT2D eigenvalue weighted by atomic mass is 10.3. The minimum Gasteiger partial charge on any atom is -0.459 e. The SMILES string of the molecule is CCCC#CC(=O)C(=O)OCC. The molecule has 0 saturated heterocycles. The molecule has 3 heteroatoms. The van der Waals surface area contributed by atoms with E-state index in [1.165, 1.54) is 0 Å². The van der Waals surface area contributed by atoms with Crippen LogP contribution in [0.3, 0.4) is 0 Å². The van der Waals surface area contributed by atoms with E-state index in [-0.39, 0.29) is 6.61 Å². The highest BCUT2D eigenvalue weighted by Gasteiger charge is 2.10. The van der Waals surface area contributed by atoms with E-state index in [9.17, 15) is 9.59 Å². The van der Waals surface area contributed by atoms with E-state index >= 15 is 0 Å². The first-order valence-electron chi connectivity index (χ1n) is 3.92. The summed E-state index contributed by atoms with van der Waals surface area (Å²) < 4.78 is 4.44. The number of carbonyl (C=O) groups is 2. The molecule has 66 valence electrons. The zero-order chi connectivity index (χ0) is 9.40. The van der Waals surface area contributed by atoms with Gasteiger partial charge in [0, 0.05) is 6.42 Å². The van der Waals surface area contributed by atoms with Gasteiger partial charge in [-0.05, 0) is 19.3 Å². The lowest BCUT2D eigenvalue weighted by Crippen LogP contribution is -2.14. The molecule has 0 aliphatic carbocycles. The lowest BCUT2D eigenvalue weighted by Gasteiger charge is -1.93. The number of hydrogen-bond donors (Lipinski definition) is 0. The van der Waals surface area contributed by atoms with Crippen molar-refractivity contribution >= 4 is 11.8 Å². The Balaban J connectivity index is 3.89. The zero-order valence-electron chi connectivity index (χ0n) is 7.35. The van der Waals surface area contributed by atoms with Crippen molar-refractivity contribution in [2.75, 3.05) is 6.61 Å². The summed E-state index contributed by atoms with van der Waals surface area (Å²) in [5, 5.41) is 0. The van der Waals surface area contributed by atoms with Gasteiger partial charge >= 0.3 is 11.8 Å². The van der Waals surface area contributed by atoms with E-state index in [2.05, 4.69) is 16.6 Å². The van der Waals surface area contributed by atoms with E-state index in [1.807, 2.05) is 6.92 Å². The van der Waals surface area contributed by atoms with E-state index in [0.717, 1.165) is 6.42 Å². The molecule has 0 unspecified atom stereocenters. The fourth-order valence-corrected chi connectivity index (χ4v) is 0.515. The maximum Gasteiger partial charge on any atom is 0.388 e. The van der Waals surface area contributed by atoms with Crippen molar-refractivity contribution < 1.29 is 14.3 Å². The van der Waals surface area contributed by atoms with Crippen molar-refractivity contribution in [3.8, 4) is 11.8 Å². The van der Waals surface area contributed by atoms with Gasteiger partial charge in [-0.25, -0.2) is 4.79 Å². The Kier molecular flexibility index (Phi) is 5.72. The summed E-state index contributed by atoms with van der Waals surface area (Å²) in [6.45, 7) is 3.80. The highest BCUT2D eigenvalue weighted by Crippen LogP contribution is 1.83. The number of rotatable bonds is 3. The predicted molar refractivity (Wildman–Crippen MR) is 44.3 cm³/mol. The first kappa shape index (κ1) is 10.7. The van der Waals surface area contributed by atoms with Crippen LogP contribution in [-0.2, 0) is 14.3 Å². The van der Waals surface area contributed by atoms with E-state index in [0.29, 0.717) is 6.42 Å². The molecule has 0 aromatic rings. The van der Waals surface area contributed by atoms with Crippen molar-refractivity contribution in [3.05, 3.63) is 0 Å². The number of ketones is 1. The smallest absolute Gasteiger partial charge is 0.388 e. The predicted octanol–water partition coefficient (Wildman–Crippen LogP) is 0.922. The Morgan fingerprint density at radius 3 is 2.50 bits per heavy atom. The van der Waals surface area contributed by atoms with E-state index < -0.39 is 11.8 Å². The molecule has 0 aromatic carbocycles. The van der Waals surface area contributed by atoms with Crippen LogP contribution in [0.2, 0.25) is 0 Å². The van der Waals surface area contributed by atoms with Gasteiger partial charge in [-0.3, -0.25) is 4.79 Å². The topological polar surface area (TPSA) is 43.4 Å². The third-order valence-corrected chi connectivity index (χ3v) is 1.04. The Morgan fingerprint density at radius 1 is 1.33 bits per heavy atom. The van der Waals surface area contributed by atoms with Gasteiger partial charge in [0.15, 0.2) is 0 Å². The molecule has 0 aromatic heterocycles. The third kappa shape index (κ3) is 4.51. The summed E-state index contributed by atoms with van der Waals surface area (Å²) in [6.07, 6.45) is 1.51. The summed E-state index contributed by atoms with van der Waals surface area (Å²) >= 11 is 0. The number of ether oxygens (including phenoxy) is 1. The molecule has 0 N–H and O–H groups in total. The van der Waals surface area contributed by atoms with Crippen molar-refractivity contribution in [1.82, 2.24) is 0 Å². The number of carbonyl (C=O) groups excluding carboxylic acids is 2. The Hall–Kier alpha value is -1.30. The van der Waals surface area contributed by atoms with Crippen LogP contribution < -0.4 is 0 Å². The highest BCUT2D eigenvalue weighted by molar-refractivity contribution is 6.40. The van der Waals surface area contributed by atoms with Gasteiger partial charge in [0.1, 0.15) is 0 Å². The van der Waals surface area contributed by atoms with Crippen LogP contribution in [-0.4, -0.2) is 18.4 Å². The second kappa shape index (κ2) is 6.41. The average Bonchev–Trinajstić information content (AvgIpc) is 2.05. The van der Waals surface area contributed by atoms with Crippen LogP contribution in [0.1, 0.15) is 26.7 Å². The summed E-state index contributed by atoms with van der Waals surface area (Å²) in [4.78, 5) is 21.4. The van der Waals surface area contributed by atoms with Gasteiger partial charge in [-0.15, -0.1) is 0 Å². The number of esters is 1. The molecular weight excluding hydrogens is 156 g/mol. The first-order chi connectivity index (χ1) is 5.72. The maximum absolute atomic E-state index is 10.8. The summed E-state index contributed by atoms with van der Waals surface area (Å²) in [6, 6.07) is 0. The molecule has 0 saturated carbocycles.